The van der Waals surface area contributed by atoms with Crippen molar-refractivity contribution in [3.63, 3.8) is 0 Å². The summed E-state index contributed by atoms with van der Waals surface area (Å²) < 4.78 is 14.5. The summed E-state index contributed by atoms with van der Waals surface area (Å²) in [6.45, 7) is 3.88. The molecule has 0 radical (unpaired) electrons. The number of ether oxygens (including phenoxy) is 2. The van der Waals surface area contributed by atoms with E-state index in [0.717, 1.165) is 16.7 Å². The van der Waals surface area contributed by atoms with Gasteiger partial charge in [-0.15, -0.1) is 0 Å². The van der Waals surface area contributed by atoms with Crippen LogP contribution >= 0.6 is 0 Å². The first kappa shape index (κ1) is 28.2. The van der Waals surface area contributed by atoms with Crippen molar-refractivity contribution < 1.29 is 24.2 Å². The average Bonchev–Trinajstić information content (AvgIpc) is 3.16. The van der Waals surface area contributed by atoms with Crippen LogP contribution in [0.3, 0.4) is 0 Å². The van der Waals surface area contributed by atoms with Gasteiger partial charge in [0.15, 0.2) is 0 Å². The van der Waals surface area contributed by atoms with Crippen molar-refractivity contribution in [3.05, 3.63) is 106 Å². The van der Waals surface area contributed by atoms with Crippen molar-refractivity contribution in [3.8, 4) is 17.0 Å². The lowest BCUT2D eigenvalue weighted by atomic mass is 9.96. The Labute approximate surface area is 232 Å². The van der Waals surface area contributed by atoms with Gasteiger partial charge in [0.05, 0.1) is 11.6 Å². The lowest BCUT2D eigenvalue weighted by Gasteiger charge is -2.14. The normalized spacial score (nSPS) is 12.4. The molecule has 208 valence electrons. The number of amides is 1. The van der Waals surface area contributed by atoms with E-state index in [1.165, 1.54) is 4.68 Å². The summed E-state index contributed by atoms with van der Waals surface area (Å²) >= 11 is 0. The van der Waals surface area contributed by atoms with Crippen molar-refractivity contribution >= 4 is 17.7 Å². The second kappa shape index (κ2) is 12.4. The number of hydrogen-bond donors (Lipinski definition) is 2. The second-order valence-corrected chi connectivity index (χ2v) is 9.52. The van der Waals surface area contributed by atoms with Gasteiger partial charge in [-0.1, -0.05) is 73.7 Å². The molecule has 1 heterocycles. The molecule has 2 N–H and O–H groups in total. The molecule has 9 heteroatoms. The third-order valence-corrected chi connectivity index (χ3v) is 6.90. The van der Waals surface area contributed by atoms with E-state index < -0.39 is 24.1 Å². The molecule has 2 atom stereocenters. The number of aliphatic carboxylic acids is 1. The monoisotopic (exact) mass is 543 g/mol. The maximum atomic E-state index is 13.0. The predicted octanol–water partition coefficient (Wildman–Crippen LogP) is 5.86. The zero-order valence-electron chi connectivity index (χ0n) is 23.0. The van der Waals surface area contributed by atoms with Crippen LogP contribution in [0.15, 0.2) is 83.7 Å². The number of rotatable bonds is 10. The highest BCUT2D eigenvalue weighted by Gasteiger charge is 2.22. The molecule has 0 fully saturated rings. The minimum absolute atomic E-state index is 0.125. The van der Waals surface area contributed by atoms with Crippen molar-refractivity contribution in [2.24, 2.45) is 14.1 Å². The molecule has 4 aromatic rings. The fourth-order valence-electron chi connectivity index (χ4n) is 4.54. The molecule has 0 aliphatic carbocycles. The first-order chi connectivity index (χ1) is 19.2. The second-order valence-electron chi connectivity index (χ2n) is 9.52. The third kappa shape index (κ3) is 6.26. The van der Waals surface area contributed by atoms with Crippen LogP contribution in [0, 0.1) is 0 Å². The number of aromatic nitrogens is 2. The maximum Gasteiger partial charge on any atom is 0.412 e. The SMILES string of the molecule is CCC(C(=O)O)c1cccc(OCc2ccc(-c3c(NC(=O)OC(C)c4ccccc4)c(=O)n(C)n3C)cc2)c1. The number of carbonyl (C=O) groups excluding carboxylic acids is 1. The van der Waals surface area contributed by atoms with Gasteiger partial charge in [0, 0.05) is 19.7 Å². The van der Waals surface area contributed by atoms with E-state index in [9.17, 15) is 19.5 Å². The van der Waals surface area contributed by atoms with Crippen molar-refractivity contribution in [1.29, 1.82) is 0 Å². The third-order valence-electron chi connectivity index (χ3n) is 6.90. The van der Waals surface area contributed by atoms with E-state index in [0.29, 0.717) is 23.4 Å². The predicted molar refractivity (Wildman–Crippen MR) is 152 cm³/mol. The van der Waals surface area contributed by atoms with Gasteiger partial charge >= 0.3 is 12.1 Å². The van der Waals surface area contributed by atoms with E-state index in [4.69, 9.17) is 9.47 Å². The van der Waals surface area contributed by atoms with Gasteiger partial charge in [0.1, 0.15) is 24.1 Å². The Bertz CT molecular complexity index is 1540. The summed E-state index contributed by atoms with van der Waals surface area (Å²) in [5, 5.41) is 12.1. The number of carboxylic acid groups (broad SMARTS) is 1. The van der Waals surface area contributed by atoms with Gasteiger partial charge in [-0.25, -0.2) is 4.79 Å². The molecule has 1 aromatic heterocycles. The molecule has 0 spiro atoms. The number of nitrogens with one attached hydrogen (secondary N) is 1. The molecule has 0 saturated heterocycles. The Kier molecular flexibility index (Phi) is 8.73. The minimum Gasteiger partial charge on any atom is -0.489 e. The maximum absolute atomic E-state index is 13.0. The Morgan fingerprint density at radius 1 is 0.925 bits per heavy atom. The van der Waals surface area contributed by atoms with E-state index in [2.05, 4.69) is 5.32 Å². The number of carboxylic acids is 1. The fourth-order valence-corrected chi connectivity index (χ4v) is 4.54. The Hall–Kier alpha value is -4.79. The molecule has 1 amide bonds. The average molecular weight is 544 g/mol. The molecule has 2 unspecified atom stereocenters. The van der Waals surface area contributed by atoms with Gasteiger partial charge < -0.3 is 14.6 Å². The largest absolute Gasteiger partial charge is 0.489 e. The number of hydrogen-bond acceptors (Lipinski definition) is 5. The van der Waals surface area contributed by atoms with E-state index in [1.54, 1.807) is 50.0 Å². The van der Waals surface area contributed by atoms with Crippen LogP contribution < -0.4 is 15.6 Å². The Balaban J connectivity index is 1.48. The number of carbonyl (C=O) groups is 2. The molecular weight excluding hydrogens is 510 g/mol. The van der Waals surface area contributed by atoms with Gasteiger partial charge in [-0.2, -0.15) is 0 Å². The molecule has 4 rings (SSSR count). The lowest BCUT2D eigenvalue weighted by Crippen LogP contribution is -2.22. The first-order valence-corrected chi connectivity index (χ1v) is 13.0. The molecule has 0 saturated carbocycles. The van der Waals surface area contributed by atoms with Crippen LogP contribution in [0.2, 0.25) is 0 Å². The summed E-state index contributed by atoms with van der Waals surface area (Å²) in [6.07, 6.45) is -0.724. The molecule has 40 heavy (non-hydrogen) atoms. The number of nitrogens with zero attached hydrogens (tertiary/aromatic N) is 2. The Morgan fingerprint density at radius 2 is 1.60 bits per heavy atom. The molecule has 0 aliphatic heterocycles. The summed E-state index contributed by atoms with van der Waals surface area (Å²) in [5.41, 5.74) is 3.45. The fraction of sp³-hybridized carbons (Fsp3) is 0.258. The minimum atomic E-state index is -0.863. The van der Waals surface area contributed by atoms with Gasteiger partial charge in [0.2, 0.25) is 0 Å². The standard InChI is InChI=1S/C31H33N3O6/c1-5-26(30(36)37)24-12-9-13-25(18-24)39-19-21-14-16-23(17-15-21)28-27(29(35)34(4)33(28)3)32-31(38)40-20(2)22-10-7-6-8-11-22/h6-18,20,26H,5,19H2,1-4H3,(H,32,38)(H,36,37). The lowest BCUT2D eigenvalue weighted by molar-refractivity contribution is -0.138. The smallest absolute Gasteiger partial charge is 0.412 e. The van der Waals surface area contributed by atoms with Crippen LogP contribution in [-0.4, -0.2) is 26.5 Å². The molecular formula is C31H33N3O6. The van der Waals surface area contributed by atoms with Gasteiger partial charge in [-0.05, 0) is 42.2 Å². The van der Waals surface area contributed by atoms with Crippen molar-refractivity contribution in [2.45, 2.75) is 38.9 Å². The summed E-state index contributed by atoms with van der Waals surface area (Å²) in [5.74, 6) is -0.859. The van der Waals surface area contributed by atoms with Gasteiger partial charge in [-0.3, -0.25) is 24.3 Å². The van der Waals surface area contributed by atoms with Crippen molar-refractivity contribution in [2.75, 3.05) is 5.32 Å². The van der Waals surface area contributed by atoms with E-state index in [1.807, 2.05) is 61.5 Å². The topological polar surface area (TPSA) is 112 Å². The highest BCUT2D eigenvalue weighted by molar-refractivity contribution is 5.90. The van der Waals surface area contributed by atoms with Crippen LogP contribution in [0.4, 0.5) is 10.5 Å². The number of benzene rings is 3. The molecule has 9 nitrogen and oxygen atoms in total. The molecule has 0 bridgehead atoms. The van der Waals surface area contributed by atoms with Crippen LogP contribution in [0.25, 0.3) is 11.3 Å². The van der Waals surface area contributed by atoms with E-state index in [-0.39, 0.29) is 17.9 Å². The highest BCUT2D eigenvalue weighted by atomic mass is 16.6. The highest BCUT2D eigenvalue weighted by Crippen LogP contribution is 2.28. The number of anilines is 1. The van der Waals surface area contributed by atoms with Gasteiger partial charge in [0.25, 0.3) is 5.56 Å². The zero-order chi connectivity index (χ0) is 28.8. The van der Waals surface area contributed by atoms with Crippen LogP contribution in [0.1, 0.15) is 49.0 Å². The zero-order valence-corrected chi connectivity index (χ0v) is 23.0. The quantitative estimate of drug-likeness (QED) is 0.259. The molecule has 0 aliphatic rings. The van der Waals surface area contributed by atoms with E-state index >= 15 is 0 Å². The van der Waals surface area contributed by atoms with Crippen LogP contribution in [0.5, 0.6) is 5.75 Å². The Morgan fingerprint density at radius 3 is 2.25 bits per heavy atom. The summed E-state index contributed by atoms with van der Waals surface area (Å²) in [6, 6.07) is 23.9. The van der Waals surface area contributed by atoms with Crippen molar-refractivity contribution in [1.82, 2.24) is 9.36 Å². The first-order valence-electron chi connectivity index (χ1n) is 13.0. The summed E-state index contributed by atoms with van der Waals surface area (Å²) in [7, 11) is 3.36. The molecule has 3 aromatic carbocycles. The van der Waals surface area contributed by atoms with Crippen LogP contribution in [-0.2, 0) is 30.2 Å². The summed E-state index contributed by atoms with van der Waals surface area (Å²) in [4.78, 5) is 37.2.